The monoisotopic (exact) mass is 261 g/mol. The fourth-order valence-electron chi connectivity index (χ4n) is 4.12. The van der Waals surface area contributed by atoms with Gasteiger partial charge < -0.3 is 4.74 Å². The number of hydrogen-bond acceptors (Lipinski definition) is 2. The van der Waals surface area contributed by atoms with Gasteiger partial charge in [0.2, 0.25) is 0 Å². The van der Waals surface area contributed by atoms with Gasteiger partial charge in [-0.3, -0.25) is 0 Å². The van der Waals surface area contributed by atoms with Gasteiger partial charge in [0.15, 0.2) is 0 Å². The predicted molar refractivity (Wildman–Crippen MR) is 76.3 cm³/mol. The highest BCUT2D eigenvalue weighted by Gasteiger charge is 2.51. The fourth-order valence-corrected chi connectivity index (χ4v) is 4.12. The minimum atomic E-state index is -0.428. The van der Waals surface area contributed by atoms with Gasteiger partial charge >= 0.3 is 0 Å². The first-order chi connectivity index (χ1) is 9.74. The third-order valence-corrected chi connectivity index (χ3v) is 4.86. The zero-order valence-corrected chi connectivity index (χ0v) is 11.3. The lowest BCUT2D eigenvalue weighted by Gasteiger charge is -2.49. The molecule has 3 aliphatic rings. The first-order valence-corrected chi connectivity index (χ1v) is 6.99. The lowest BCUT2D eigenvalue weighted by Crippen LogP contribution is -2.45. The molecule has 5 rings (SSSR count). The summed E-state index contributed by atoms with van der Waals surface area (Å²) in [6.45, 7) is 2.07. The van der Waals surface area contributed by atoms with Crippen molar-refractivity contribution in [3.8, 4) is 6.26 Å². The van der Waals surface area contributed by atoms with Crippen LogP contribution < -0.4 is 0 Å². The van der Waals surface area contributed by atoms with Gasteiger partial charge in [0, 0.05) is 5.92 Å². The molecule has 2 bridgehead atoms. The van der Waals surface area contributed by atoms with E-state index in [-0.39, 0.29) is 5.92 Å². The highest BCUT2D eigenvalue weighted by Crippen LogP contribution is 2.58. The van der Waals surface area contributed by atoms with E-state index >= 15 is 0 Å². The van der Waals surface area contributed by atoms with E-state index in [1.165, 1.54) is 22.3 Å². The second-order valence-corrected chi connectivity index (χ2v) is 5.95. The first-order valence-electron chi connectivity index (χ1n) is 6.99. The molecule has 98 valence electrons. The van der Waals surface area contributed by atoms with Gasteiger partial charge in [-0.1, -0.05) is 48.5 Å². The van der Waals surface area contributed by atoms with Gasteiger partial charge in [-0.05, 0) is 35.6 Å². The van der Waals surface area contributed by atoms with Crippen molar-refractivity contribution in [1.82, 2.24) is 0 Å². The molecule has 0 radical (unpaired) electrons. The summed E-state index contributed by atoms with van der Waals surface area (Å²) in [5.74, 6) is 0.491. The Morgan fingerprint density at radius 1 is 1.00 bits per heavy atom. The van der Waals surface area contributed by atoms with Gasteiger partial charge in [0.1, 0.15) is 5.60 Å². The molecule has 2 nitrogen and oxygen atoms in total. The topological polar surface area (TPSA) is 33.0 Å². The van der Waals surface area contributed by atoms with Crippen LogP contribution in [-0.4, -0.2) is 5.60 Å². The average Bonchev–Trinajstić information content (AvgIpc) is 2.47. The second-order valence-electron chi connectivity index (χ2n) is 5.95. The third-order valence-electron chi connectivity index (χ3n) is 4.86. The number of nitriles is 1. The Morgan fingerprint density at radius 2 is 1.50 bits per heavy atom. The summed E-state index contributed by atoms with van der Waals surface area (Å²) in [6.07, 6.45) is 2.80. The molecule has 3 aliphatic carbocycles. The summed E-state index contributed by atoms with van der Waals surface area (Å²) in [5.41, 5.74) is 5.01. The molecule has 0 saturated heterocycles. The molecule has 20 heavy (non-hydrogen) atoms. The minimum absolute atomic E-state index is 0.152. The summed E-state index contributed by atoms with van der Waals surface area (Å²) < 4.78 is 5.52. The number of rotatable bonds is 1. The molecule has 2 heteroatoms. The number of hydrogen-bond donors (Lipinski definition) is 0. The standard InChI is InChI=1S/C18H15NO/c1-18(20-11-19)10-16-12-6-2-4-8-14(12)17(18)15-9-5-3-7-13(15)16/h2-9,16-17H,10H2,1H3/t16?,17?,18-/m1/s1. The van der Waals surface area contributed by atoms with Crippen LogP contribution >= 0.6 is 0 Å². The van der Waals surface area contributed by atoms with Crippen LogP contribution in [0.5, 0.6) is 0 Å². The molecular weight excluding hydrogens is 246 g/mol. The summed E-state index contributed by atoms with van der Waals surface area (Å²) >= 11 is 0. The Labute approximate surface area is 118 Å². The van der Waals surface area contributed by atoms with Crippen LogP contribution in [-0.2, 0) is 4.74 Å². The fraction of sp³-hybridized carbons (Fsp3) is 0.278. The maximum absolute atomic E-state index is 9.04. The van der Waals surface area contributed by atoms with Gasteiger partial charge in [-0.15, -0.1) is 0 Å². The summed E-state index contributed by atoms with van der Waals surface area (Å²) in [4.78, 5) is 0. The molecule has 0 unspecified atom stereocenters. The molecule has 2 aromatic rings. The quantitative estimate of drug-likeness (QED) is 0.729. The summed E-state index contributed by atoms with van der Waals surface area (Å²) in [6, 6.07) is 17.2. The molecule has 0 N–H and O–H groups in total. The first kappa shape index (κ1) is 11.5. The third kappa shape index (κ3) is 1.33. The lowest BCUT2D eigenvalue weighted by atomic mass is 9.57. The normalized spacial score (nSPS) is 29.2. The molecule has 0 spiro atoms. The molecule has 0 heterocycles. The van der Waals surface area contributed by atoms with E-state index in [9.17, 15) is 0 Å². The van der Waals surface area contributed by atoms with E-state index in [4.69, 9.17) is 10.00 Å². The van der Waals surface area contributed by atoms with Crippen molar-refractivity contribution in [3.63, 3.8) is 0 Å². The van der Waals surface area contributed by atoms with Crippen molar-refractivity contribution < 1.29 is 4.74 Å². The van der Waals surface area contributed by atoms with Crippen molar-refractivity contribution in [2.75, 3.05) is 0 Å². The highest BCUT2D eigenvalue weighted by atomic mass is 16.5. The zero-order chi connectivity index (χ0) is 13.7. The largest absolute Gasteiger partial charge is 0.420 e. The second kappa shape index (κ2) is 3.86. The SMILES string of the molecule is C[C@@]1(OC#N)CC2c3ccccc3C1c1ccccc12. The molecule has 0 aromatic heterocycles. The van der Waals surface area contributed by atoms with E-state index in [2.05, 4.69) is 55.5 Å². The van der Waals surface area contributed by atoms with E-state index in [0.29, 0.717) is 5.92 Å². The molecule has 1 atom stereocenters. The average molecular weight is 261 g/mol. The maximum Gasteiger partial charge on any atom is 0.286 e. The van der Waals surface area contributed by atoms with E-state index < -0.39 is 5.60 Å². The molecular formula is C18H15NO. The number of ether oxygens (including phenoxy) is 1. The molecule has 0 amide bonds. The number of nitrogens with zero attached hydrogens (tertiary/aromatic N) is 1. The molecule has 0 saturated carbocycles. The smallest absolute Gasteiger partial charge is 0.286 e. The lowest BCUT2D eigenvalue weighted by molar-refractivity contribution is 0.0108. The van der Waals surface area contributed by atoms with E-state index in [0.717, 1.165) is 6.42 Å². The summed E-state index contributed by atoms with van der Waals surface area (Å²) in [5, 5.41) is 9.04. The zero-order valence-electron chi connectivity index (χ0n) is 11.3. The van der Waals surface area contributed by atoms with Gasteiger partial charge in [0.25, 0.3) is 6.26 Å². The maximum atomic E-state index is 9.04. The van der Waals surface area contributed by atoms with Crippen LogP contribution in [0.1, 0.15) is 47.4 Å². The molecule has 0 fully saturated rings. The highest BCUT2D eigenvalue weighted by molar-refractivity contribution is 5.57. The minimum Gasteiger partial charge on any atom is -0.420 e. The van der Waals surface area contributed by atoms with Crippen LogP contribution in [0.25, 0.3) is 0 Å². The van der Waals surface area contributed by atoms with Crippen molar-refractivity contribution in [2.24, 2.45) is 0 Å². The van der Waals surface area contributed by atoms with Crippen molar-refractivity contribution >= 4 is 0 Å². The molecule has 0 aliphatic heterocycles. The van der Waals surface area contributed by atoms with Crippen molar-refractivity contribution in [3.05, 3.63) is 70.8 Å². The van der Waals surface area contributed by atoms with Crippen LogP contribution in [0.2, 0.25) is 0 Å². The Morgan fingerprint density at radius 3 is 2.00 bits per heavy atom. The van der Waals surface area contributed by atoms with Crippen LogP contribution in [0, 0.1) is 11.5 Å². The van der Waals surface area contributed by atoms with Crippen molar-refractivity contribution in [2.45, 2.75) is 30.8 Å². The number of benzene rings is 2. The predicted octanol–water partition coefficient (Wildman–Crippen LogP) is 3.92. The van der Waals surface area contributed by atoms with E-state index in [1.807, 2.05) is 6.26 Å². The van der Waals surface area contributed by atoms with Crippen LogP contribution in [0.3, 0.4) is 0 Å². The van der Waals surface area contributed by atoms with Crippen LogP contribution in [0.15, 0.2) is 48.5 Å². The molecule has 2 aromatic carbocycles. The van der Waals surface area contributed by atoms with Crippen LogP contribution in [0.4, 0.5) is 0 Å². The summed E-state index contributed by atoms with van der Waals surface area (Å²) in [7, 11) is 0. The van der Waals surface area contributed by atoms with Crippen molar-refractivity contribution in [1.29, 1.82) is 5.26 Å². The number of fused-ring (bicyclic) bond motifs is 1. The Bertz CT molecular complexity index is 683. The van der Waals surface area contributed by atoms with E-state index in [1.54, 1.807) is 0 Å². The Kier molecular flexibility index (Phi) is 2.23. The van der Waals surface area contributed by atoms with Gasteiger partial charge in [0.05, 0.1) is 5.92 Å². The van der Waals surface area contributed by atoms with Gasteiger partial charge in [-0.2, -0.15) is 5.26 Å². The Hall–Kier alpha value is -2.27. The Balaban J connectivity index is 2.01. The van der Waals surface area contributed by atoms with Gasteiger partial charge in [-0.25, -0.2) is 0 Å².